The molecular weight excluding hydrogens is 1800 g/mol. The fourth-order valence-electron chi connectivity index (χ4n) is 11.0. The van der Waals surface area contributed by atoms with Crippen LogP contribution in [0.25, 0.3) is 39.5 Å². The van der Waals surface area contributed by atoms with Gasteiger partial charge >= 0.3 is 470 Å². The molecule has 516 valence electrons. The zero-order chi connectivity index (χ0) is 64.4. The Morgan fingerprint density at radius 2 is 0.925 bits per heavy atom. The van der Waals surface area contributed by atoms with E-state index in [0.717, 1.165) is 11.0 Å². The second-order valence-corrected chi connectivity index (χ2v) is 33.2. The number of para-hydroxylation sites is 2. The molecule has 0 amide bonds. The minimum absolute atomic E-state index is 0. The Balaban J connectivity index is 0.000000454. The molecule has 4 N–H and O–H groups in total. The number of halogens is 4. The first kappa shape index (κ1) is 87.8. The number of nitrogens with zero attached hydrogens (tertiary/aromatic N) is 5. The average Bonchev–Trinajstić information content (AvgIpc) is 0.980. The molecule has 0 radical (unpaired) electrons. The number of rotatable bonds is 34. The third-order valence-corrected chi connectivity index (χ3v) is 24.9. The van der Waals surface area contributed by atoms with Gasteiger partial charge in [0.1, 0.15) is 0 Å². The summed E-state index contributed by atoms with van der Waals surface area (Å²) < 4.78 is 13.9. The maximum absolute atomic E-state index is 5.13. The molecule has 5 aromatic carbocycles. The molecule has 15 heteroatoms. The minimum atomic E-state index is 0. The number of hydrogen-bond acceptors (Lipinski definition) is 6. The normalized spacial score (nSPS) is 11.0. The Kier molecular flexibility index (Phi) is 51.4. The van der Waals surface area contributed by atoms with Crippen LogP contribution in [-0.4, -0.2) is 123 Å². The SMILES string of the molecule is CCCCCCN(CCCCCC)c1ccc2nc3ccc(=[N+](CCCCCC)CCCCCC)cc-3[se]c2c1.CCCCCCNCCCCCC.CCN(CC)CC.Ic1ccc2nc3ccc(I)cc3[se+]c2c1.O.[I-].[I-].c1ccc2c(c1)Nc1ccccc1[Se]2. The van der Waals surface area contributed by atoms with Gasteiger partial charge < -0.3 is 63.6 Å². The first-order valence-corrected chi connectivity index (χ1v) is 42.6. The third-order valence-electron chi connectivity index (χ3n) is 16.5. The van der Waals surface area contributed by atoms with Gasteiger partial charge in [-0.2, -0.15) is 0 Å². The third kappa shape index (κ3) is 34.1. The molecule has 3 aliphatic rings. The van der Waals surface area contributed by atoms with Crippen LogP contribution in [0.5, 0.6) is 0 Å². The fraction of sp³-hybridized carbons (Fsp3) is 0.538. The van der Waals surface area contributed by atoms with Crippen LogP contribution in [0.3, 0.4) is 0 Å². The molecule has 0 atom stereocenters. The molecule has 93 heavy (non-hydrogen) atoms. The summed E-state index contributed by atoms with van der Waals surface area (Å²) in [6.07, 6.45) is 32.2. The molecule has 0 bridgehead atoms. The molecule has 8 nitrogen and oxygen atoms in total. The van der Waals surface area contributed by atoms with Crippen LogP contribution in [0.2, 0.25) is 0 Å². The van der Waals surface area contributed by atoms with Gasteiger partial charge in [0.2, 0.25) is 0 Å². The van der Waals surface area contributed by atoms with Crippen LogP contribution in [0.15, 0.2) is 121 Å². The van der Waals surface area contributed by atoms with Crippen molar-refractivity contribution in [2.24, 2.45) is 0 Å². The maximum atomic E-state index is 5.13. The molecule has 3 heterocycles. The number of hydrogen-bond donors (Lipinski definition) is 2. The van der Waals surface area contributed by atoms with Gasteiger partial charge in [0.25, 0.3) is 0 Å². The van der Waals surface area contributed by atoms with Gasteiger partial charge in [-0.15, -0.1) is 0 Å². The monoisotopic (exact) mass is 1920 g/mol. The van der Waals surface area contributed by atoms with Gasteiger partial charge in [0, 0.05) is 0 Å². The number of unbranched alkanes of at least 4 members (excludes halogenated alkanes) is 18. The van der Waals surface area contributed by atoms with Crippen molar-refractivity contribution in [1.29, 1.82) is 0 Å². The van der Waals surface area contributed by atoms with Crippen molar-refractivity contribution >= 4 is 144 Å². The van der Waals surface area contributed by atoms with Crippen molar-refractivity contribution in [2.75, 3.05) is 69.1 Å². The molecule has 0 saturated carbocycles. The first-order valence-electron chi connectivity index (χ1n) is 35.3. The second-order valence-electron chi connectivity index (χ2n) is 23.9. The van der Waals surface area contributed by atoms with Crippen molar-refractivity contribution in [3.05, 3.63) is 134 Å². The molecule has 1 aromatic heterocycles. The topological polar surface area (TPSA) is 90.8 Å². The van der Waals surface area contributed by atoms with Crippen LogP contribution >= 0.6 is 45.2 Å². The predicted molar refractivity (Wildman–Crippen MR) is 425 cm³/mol. The standard InChI is InChI=1S/C36H58N3Se.C12H6I2NSe.C12H9NSe.C12H27N.C6H15N.2HI.H2O/c1-5-9-13-17-25-38(26-18-14-10-6-2)31-21-23-33-35(29-31)40-36-30-32(22-24-34(36)37-33)39(27-19-15-11-7-3)28-20-16-12-8-4;13-7-1-3-9-11(5-7)16-12-6-8(14)2-4-10(12)15-9;1-3-7-11-9(5-1)13-10-6-2-4-8-12(10)14-11;1-3-5-7-9-11-13-12-10-8-6-4-2;1-4-7(5-2)6-3;;;/h21-24,29-30H,5-20,25-28H2,1-4H3;1-6H;1-8,13H;13H,3-12H2,1-2H3;4-6H2,1-3H3;2*1H;1H2/q2*+1;;;;;;/p-2. The Hall–Kier alpha value is -1.32. The van der Waals surface area contributed by atoms with Crippen LogP contribution < -0.4 is 82.3 Å². The predicted octanol–water partition coefficient (Wildman–Crippen LogP) is 12.9. The molecule has 0 spiro atoms. The quantitative estimate of drug-likeness (QED) is 0.0137. The summed E-state index contributed by atoms with van der Waals surface area (Å²) in [5, 5.41) is 8.37. The van der Waals surface area contributed by atoms with Crippen LogP contribution in [-0.2, 0) is 0 Å². The molecule has 0 saturated heterocycles. The summed E-state index contributed by atoms with van der Waals surface area (Å²) >= 11 is 5.87. The van der Waals surface area contributed by atoms with E-state index in [1.54, 1.807) is 0 Å². The van der Waals surface area contributed by atoms with E-state index in [9.17, 15) is 0 Å². The van der Waals surface area contributed by atoms with Crippen molar-refractivity contribution in [2.45, 2.75) is 216 Å². The number of benzene rings is 6. The van der Waals surface area contributed by atoms with Gasteiger partial charge in [0.15, 0.2) is 0 Å². The van der Waals surface area contributed by atoms with Crippen LogP contribution in [0.1, 0.15) is 216 Å². The number of anilines is 3. The van der Waals surface area contributed by atoms with E-state index in [0.29, 0.717) is 44.0 Å². The Bertz CT molecular complexity index is 3070. The van der Waals surface area contributed by atoms with Crippen molar-refractivity contribution in [3.63, 3.8) is 0 Å². The zero-order valence-corrected chi connectivity index (χ0v) is 72.1. The molecule has 6 aromatic rings. The molecule has 9 rings (SSSR count). The van der Waals surface area contributed by atoms with Crippen molar-refractivity contribution < 1.29 is 53.4 Å². The van der Waals surface area contributed by atoms with Crippen molar-refractivity contribution in [1.82, 2.24) is 24.8 Å². The van der Waals surface area contributed by atoms with Crippen LogP contribution in [0, 0.1) is 7.14 Å². The van der Waals surface area contributed by atoms with E-state index in [2.05, 4.69) is 254 Å². The van der Waals surface area contributed by atoms with E-state index in [1.165, 1.54) is 280 Å². The summed E-state index contributed by atoms with van der Waals surface area (Å²) in [5.74, 6) is 0. The van der Waals surface area contributed by atoms with E-state index < -0.39 is 0 Å². The fourth-order valence-corrected chi connectivity index (χ4v) is 19.3. The molecule has 2 aliphatic heterocycles. The van der Waals surface area contributed by atoms with Gasteiger partial charge in [-0.1, -0.05) is 73.1 Å². The van der Waals surface area contributed by atoms with Gasteiger partial charge in [-0.3, -0.25) is 0 Å². The Labute approximate surface area is 644 Å². The summed E-state index contributed by atoms with van der Waals surface area (Å²) in [6, 6.07) is 44.3. The molecule has 1 aliphatic carbocycles. The number of aromatic nitrogens is 2. The summed E-state index contributed by atoms with van der Waals surface area (Å²) in [5.41, 5.74) is 8.63. The van der Waals surface area contributed by atoms with E-state index in [-0.39, 0.29) is 53.4 Å². The van der Waals surface area contributed by atoms with Crippen molar-refractivity contribution in [3.8, 4) is 10.1 Å². The van der Waals surface area contributed by atoms with Gasteiger partial charge in [-0.25, -0.2) is 0 Å². The molecule has 0 unspecified atom stereocenters. The summed E-state index contributed by atoms with van der Waals surface area (Å²) in [4.78, 5) is 14.9. The average molecular weight is 1910 g/mol. The number of fused-ring (bicyclic) bond motifs is 6. The first-order chi connectivity index (χ1) is 44.1. The second kappa shape index (κ2) is 54.5. The summed E-state index contributed by atoms with van der Waals surface area (Å²) in [6.45, 7) is 31.0. The Morgan fingerprint density at radius 1 is 0.473 bits per heavy atom. The van der Waals surface area contributed by atoms with Crippen LogP contribution in [0.4, 0.5) is 17.1 Å². The van der Waals surface area contributed by atoms with E-state index in [4.69, 9.17) is 9.97 Å². The van der Waals surface area contributed by atoms with E-state index >= 15 is 0 Å². The number of nitrogens with one attached hydrogen (secondary N) is 2. The van der Waals surface area contributed by atoms with Gasteiger partial charge in [0.05, 0.1) is 0 Å². The Morgan fingerprint density at radius 3 is 1.39 bits per heavy atom. The van der Waals surface area contributed by atoms with Gasteiger partial charge in [-0.05, 0) is 45.6 Å². The zero-order valence-electron chi connectivity index (χ0n) is 58.4. The summed E-state index contributed by atoms with van der Waals surface area (Å²) in [7, 11) is 0. The molecular formula is C78H117I4N7OSe3. The van der Waals surface area contributed by atoms with E-state index in [1.807, 2.05) is 0 Å². The molecule has 0 fully saturated rings.